The standard InChI is InChI=1S/C16H16ClF2N3OS/c1-10-20-11(9-24-10)8-21-2-4-22(5-3-21)16(23)12-6-14(18)15(19)7-13(12)17/h6-7,9H,2-5,8H2,1H3. The van der Waals surface area contributed by atoms with Crippen LogP contribution in [0.2, 0.25) is 5.02 Å². The second kappa shape index (κ2) is 7.13. The summed E-state index contributed by atoms with van der Waals surface area (Å²) in [7, 11) is 0. The molecule has 0 bridgehead atoms. The second-order valence-corrected chi connectivity index (χ2v) is 7.14. The lowest BCUT2D eigenvalue weighted by Gasteiger charge is -2.34. The van der Waals surface area contributed by atoms with Crippen molar-refractivity contribution in [3.63, 3.8) is 0 Å². The summed E-state index contributed by atoms with van der Waals surface area (Å²) in [6, 6.07) is 1.70. The molecular weight excluding hydrogens is 356 g/mol. The zero-order valence-corrected chi connectivity index (χ0v) is 14.6. The Morgan fingerprint density at radius 3 is 2.54 bits per heavy atom. The van der Waals surface area contributed by atoms with Crippen molar-refractivity contribution < 1.29 is 13.6 Å². The maximum Gasteiger partial charge on any atom is 0.255 e. The Morgan fingerprint density at radius 1 is 1.25 bits per heavy atom. The van der Waals surface area contributed by atoms with E-state index in [0.29, 0.717) is 26.2 Å². The third-order valence-corrected chi connectivity index (χ3v) is 5.09. The van der Waals surface area contributed by atoms with Crippen molar-refractivity contribution in [1.82, 2.24) is 14.8 Å². The molecule has 0 radical (unpaired) electrons. The van der Waals surface area contributed by atoms with Gasteiger partial charge < -0.3 is 4.90 Å². The summed E-state index contributed by atoms with van der Waals surface area (Å²) in [4.78, 5) is 20.7. The van der Waals surface area contributed by atoms with Crippen LogP contribution in [0.5, 0.6) is 0 Å². The van der Waals surface area contributed by atoms with E-state index in [1.54, 1.807) is 16.2 Å². The molecule has 128 valence electrons. The van der Waals surface area contributed by atoms with Crippen molar-refractivity contribution in [3.05, 3.63) is 50.4 Å². The number of halogens is 3. The van der Waals surface area contributed by atoms with Crippen LogP contribution < -0.4 is 0 Å². The quantitative estimate of drug-likeness (QED) is 0.776. The minimum Gasteiger partial charge on any atom is -0.336 e. The lowest BCUT2D eigenvalue weighted by Crippen LogP contribution is -2.48. The van der Waals surface area contributed by atoms with Gasteiger partial charge in [0, 0.05) is 38.1 Å². The van der Waals surface area contributed by atoms with Crippen LogP contribution in [-0.4, -0.2) is 46.9 Å². The Hall–Kier alpha value is -1.57. The van der Waals surface area contributed by atoms with Gasteiger partial charge in [-0.15, -0.1) is 11.3 Å². The van der Waals surface area contributed by atoms with Crippen LogP contribution in [0.1, 0.15) is 21.1 Å². The molecule has 1 amide bonds. The predicted octanol–water partition coefficient (Wildman–Crippen LogP) is 3.34. The molecule has 0 unspecified atom stereocenters. The molecule has 1 aliphatic rings. The van der Waals surface area contributed by atoms with E-state index in [-0.39, 0.29) is 16.5 Å². The first-order valence-electron chi connectivity index (χ1n) is 7.51. The number of rotatable bonds is 3. The fourth-order valence-electron chi connectivity index (χ4n) is 2.68. The third-order valence-electron chi connectivity index (χ3n) is 3.95. The highest BCUT2D eigenvalue weighted by Gasteiger charge is 2.25. The van der Waals surface area contributed by atoms with Gasteiger partial charge in [-0.05, 0) is 19.1 Å². The lowest BCUT2D eigenvalue weighted by molar-refractivity contribution is 0.0627. The van der Waals surface area contributed by atoms with Crippen LogP contribution in [0.25, 0.3) is 0 Å². The van der Waals surface area contributed by atoms with E-state index < -0.39 is 11.6 Å². The molecule has 0 aliphatic carbocycles. The van der Waals surface area contributed by atoms with Crippen molar-refractivity contribution in [2.24, 2.45) is 0 Å². The van der Waals surface area contributed by atoms with Crippen molar-refractivity contribution in [3.8, 4) is 0 Å². The molecule has 1 saturated heterocycles. The van der Waals surface area contributed by atoms with Crippen molar-refractivity contribution in [1.29, 1.82) is 0 Å². The molecule has 8 heteroatoms. The van der Waals surface area contributed by atoms with E-state index in [1.807, 2.05) is 12.3 Å². The van der Waals surface area contributed by atoms with Crippen LogP contribution in [0.15, 0.2) is 17.5 Å². The molecule has 0 spiro atoms. The summed E-state index contributed by atoms with van der Waals surface area (Å²) in [5.41, 5.74) is 1.03. The molecule has 4 nitrogen and oxygen atoms in total. The van der Waals surface area contributed by atoms with Gasteiger partial charge in [-0.2, -0.15) is 0 Å². The van der Waals surface area contributed by atoms with E-state index in [2.05, 4.69) is 9.88 Å². The van der Waals surface area contributed by atoms with Crippen molar-refractivity contribution >= 4 is 28.8 Å². The van der Waals surface area contributed by atoms with Gasteiger partial charge in [-0.1, -0.05) is 11.6 Å². The molecule has 3 rings (SSSR count). The average Bonchev–Trinajstić information content (AvgIpc) is 2.96. The van der Waals surface area contributed by atoms with E-state index in [1.165, 1.54) is 0 Å². The van der Waals surface area contributed by atoms with Gasteiger partial charge in [-0.25, -0.2) is 13.8 Å². The van der Waals surface area contributed by atoms with E-state index >= 15 is 0 Å². The summed E-state index contributed by atoms with van der Waals surface area (Å²) in [5, 5.41) is 3.00. The molecular formula is C16H16ClF2N3OS. The molecule has 24 heavy (non-hydrogen) atoms. The number of piperazine rings is 1. The number of thiazole rings is 1. The number of carbonyl (C=O) groups is 1. The summed E-state index contributed by atoms with van der Waals surface area (Å²) < 4.78 is 26.5. The van der Waals surface area contributed by atoms with Crippen molar-refractivity contribution in [2.45, 2.75) is 13.5 Å². The highest BCUT2D eigenvalue weighted by molar-refractivity contribution is 7.09. The summed E-state index contributed by atoms with van der Waals surface area (Å²) >= 11 is 7.50. The van der Waals surface area contributed by atoms with Gasteiger partial charge in [-0.3, -0.25) is 9.69 Å². The average molecular weight is 372 g/mol. The summed E-state index contributed by atoms with van der Waals surface area (Å²) in [6.45, 7) is 5.14. The topological polar surface area (TPSA) is 36.4 Å². The molecule has 0 atom stereocenters. The van der Waals surface area contributed by atoms with Crippen LogP contribution in [0, 0.1) is 18.6 Å². The first-order valence-corrected chi connectivity index (χ1v) is 8.77. The smallest absolute Gasteiger partial charge is 0.255 e. The Balaban J connectivity index is 1.62. The molecule has 1 aromatic carbocycles. The minimum atomic E-state index is -1.07. The number of hydrogen-bond acceptors (Lipinski definition) is 4. The Morgan fingerprint density at radius 2 is 1.92 bits per heavy atom. The molecule has 0 N–H and O–H groups in total. The zero-order valence-electron chi connectivity index (χ0n) is 13.1. The number of aromatic nitrogens is 1. The van der Waals surface area contributed by atoms with E-state index in [0.717, 1.165) is 29.4 Å². The molecule has 0 saturated carbocycles. The normalized spacial score (nSPS) is 15.8. The monoisotopic (exact) mass is 371 g/mol. The largest absolute Gasteiger partial charge is 0.336 e. The SMILES string of the molecule is Cc1nc(CN2CCN(C(=O)c3cc(F)c(F)cc3Cl)CC2)cs1. The van der Waals surface area contributed by atoms with Gasteiger partial charge in [0.1, 0.15) is 0 Å². The van der Waals surface area contributed by atoms with Gasteiger partial charge in [0.15, 0.2) is 11.6 Å². The van der Waals surface area contributed by atoms with Crippen molar-refractivity contribution in [2.75, 3.05) is 26.2 Å². The van der Waals surface area contributed by atoms with Gasteiger partial charge in [0.25, 0.3) is 5.91 Å². The fraction of sp³-hybridized carbons (Fsp3) is 0.375. The molecule has 1 aromatic heterocycles. The lowest BCUT2D eigenvalue weighted by atomic mass is 10.1. The highest BCUT2D eigenvalue weighted by atomic mass is 35.5. The van der Waals surface area contributed by atoms with E-state index in [9.17, 15) is 13.6 Å². The molecule has 2 heterocycles. The van der Waals surface area contributed by atoms with Crippen LogP contribution in [0.4, 0.5) is 8.78 Å². The van der Waals surface area contributed by atoms with Crippen LogP contribution in [-0.2, 0) is 6.54 Å². The first kappa shape index (κ1) is 17.3. The Bertz CT molecular complexity index is 760. The molecule has 1 fully saturated rings. The second-order valence-electron chi connectivity index (χ2n) is 5.67. The van der Waals surface area contributed by atoms with Crippen LogP contribution in [0.3, 0.4) is 0 Å². The number of benzene rings is 1. The fourth-order valence-corrected chi connectivity index (χ4v) is 3.51. The Kier molecular flexibility index (Phi) is 5.12. The highest BCUT2D eigenvalue weighted by Crippen LogP contribution is 2.22. The maximum absolute atomic E-state index is 13.4. The number of carbonyl (C=O) groups excluding carboxylic acids is 1. The number of hydrogen-bond donors (Lipinski definition) is 0. The maximum atomic E-state index is 13.4. The zero-order chi connectivity index (χ0) is 17.3. The molecule has 2 aromatic rings. The first-order chi connectivity index (χ1) is 11.4. The van der Waals surface area contributed by atoms with Crippen LogP contribution >= 0.6 is 22.9 Å². The number of aryl methyl sites for hydroxylation is 1. The predicted molar refractivity (Wildman–Crippen MR) is 89.4 cm³/mol. The van der Waals surface area contributed by atoms with Gasteiger partial charge >= 0.3 is 0 Å². The summed E-state index contributed by atoms with van der Waals surface area (Å²) in [6.07, 6.45) is 0. The third kappa shape index (κ3) is 3.74. The van der Waals surface area contributed by atoms with Gasteiger partial charge in [0.05, 0.1) is 21.3 Å². The minimum absolute atomic E-state index is 0.000794. The Labute approximate surface area is 147 Å². The van der Waals surface area contributed by atoms with E-state index in [4.69, 9.17) is 11.6 Å². The summed E-state index contributed by atoms with van der Waals surface area (Å²) in [5.74, 6) is -2.50. The molecule has 1 aliphatic heterocycles. The van der Waals surface area contributed by atoms with Gasteiger partial charge in [0.2, 0.25) is 0 Å². The number of amides is 1. The number of nitrogens with zero attached hydrogens (tertiary/aromatic N) is 3.